The van der Waals surface area contributed by atoms with Crippen LogP contribution in [0, 0.1) is 23.7 Å². The number of carbonyl (C=O) groups excluding carboxylic acids is 2. The number of hydrogen-bond acceptors (Lipinski definition) is 4. The molecule has 6 nitrogen and oxygen atoms in total. The maximum absolute atomic E-state index is 12.7. The molecular formula is C20H40N4O2. The molecule has 152 valence electrons. The summed E-state index contributed by atoms with van der Waals surface area (Å²) in [6, 6.07) is 0. The number of hydrogen-bond donors (Lipinski definition) is 2. The third kappa shape index (κ3) is 7.23. The van der Waals surface area contributed by atoms with Gasteiger partial charge in [0.15, 0.2) is 0 Å². The summed E-state index contributed by atoms with van der Waals surface area (Å²) in [5, 5.41) is 0. The largest absolute Gasteiger partial charge is 0.340 e. The van der Waals surface area contributed by atoms with E-state index >= 15 is 0 Å². The van der Waals surface area contributed by atoms with Gasteiger partial charge in [-0.2, -0.15) is 0 Å². The van der Waals surface area contributed by atoms with Crippen molar-refractivity contribution in [3.63, 3.8) is 0 Å². The van der Waals surface area contributed by atoms with Gasteiger partial charge < -0.3 is 4.90 Å². The first-order chi connectivity index (χ1) is 12.3. The minimum Gasteiger partial charge on any atom is -0.340 e. The lowest BCUT2D eigenvalue weighted by Gasteiger charge is -2.36. The standard InChI is InChI=1S/C20H40N4O2/c1-6-15(2)8-7-9-23-10-12-24(13-11-23)20(26)17(4)14-16(3)18(5)19(25)22-21/h15-18H,6-14,21H2,1-5H3,(H,22,25). The van der Waals surface area contributed by atoms with Gasteiger partial charge in [-0.25, -0.2) is 5.84 Å². The molecule has 0 aromatic heterocycles. The molecule has 4 unspecified atom stereocenters. The summed E-state index contributed by atoms with van der Waals surface area (Å²) in [5.41, 5.74) is 2.20. The SMILES string of the molecule is CCC(C)CCCN1CCN(C(=O)C(C)CC(C)C(C)C(=O)NN)CC1. The molecule has 4 atom stereocenters. The van der Waals surface area contributed by atoms with Gasteiger partial charge in [-0.05, 0) is 37.6 Å². The highest BCUT2D eigenvalue weighted by Gasteiger charge is 2.28. The highest BCUT2D eigenvalue weighted by Crippen LogP contribution is 2.22. The van der Waals surface area contributed by atoms with Crippen LogP contribution in [0.25, 0.3) is 0 Å². The van der Waals surface area contributed by atoms with Crippen LogP contribution in [0.3, 0.4) is 0 Å². The zero-order chi connectivity index (χ0) is 19.7. The van der Waals surface area contributed by atoms with Crippen LogP contribution in [0.4, 0.5) is 0 Å². The topological polar surface area (TPSA) is 78.7 Å². The smallest absolute Gasteiger partial charge is 0.236 e. The molecule has 1 aliphatic heterocycles. The lowest BCUT2D eigenvalue weighted by molar-refractivity contribution is -0.138. The number of rotatable bonds is 10. The number of nitrogens with zero attached hydrogens (tertiary/aromatic N) is 2. The Labute approximate surface area is 159 Å². The average molecular weight is 369 g/mol. The fourth-order valence-electron chi connectivity index (χ4n) is 3.62. The number of carbonyl (C=O) groups is 2. The van der Waals surface area contributed by atoms with Gasteiger partial charge >= 0.3 is 0 Å². The summed E-state index contributed by atoms with van der Waals surface area (Å²) in [7, 11) is 0. The Morgan fingerprint density at radius 3 is 2.23 bits per heavy atom. The van der Waals surface area contributed by atoms with Crippen LogP contribution in [0.2, 0.25) is 0 Å². The van der Waals surface area contributed by atoms with Gasteiger partial charge in [-0.3, -0.25) is 19.9 Å². The van der Waals surface area contributed by atoms with Gasteiger partial charge in [0.25, 0.3) is 0 Å². The summed E-state index contributed by atoms with van der Waals surface area (Å²) in [5.74, 6) is 5.96. The van der Waals surface area contributed by atoms with Crippen LogP contribution < -0.4 is 11.3 Å². The van der Waals surface area contributed by atoms with Gasteiger partial charge in [0, 0.05) is 38.0 Å². The summed E-state index contributed by atoms with van der Waals surface area (Å²) < 4.78 is 0. The van der Waals surface area contributed by atoms with Crippen LogP contribution in [-0.4, -0.2) is 54.3 Å². The molecule has 0 radical (unpaired) electrons. The van der Waals surface area contributed by atoms with Gasteiger partial charge in [-0.1, -0.05) is 41.0 Å². The Hall–Kier alpha value is -1.14. The number of piperazine rings is 1. The van der Waals surface area contributed by atoms with Crippen molar-refractivity contribution in [2.45, 2.75) is 60.3 Å². The number of nitrogens with two attached hydrogens (primary N) is 1. The lowest BCUT2D eigenvalue weighted by Crippen LogP contribution is -2.50. The third-order valence-electron chi connectivity index (χ3n) is 6.11. The van der Waals surface area contributed by atoms with Crippen LogP contribution in [0.5, 0.6) is 0 Å². The minimum atomic E-state index is -0.183. The molecule has 0 aromatic rings. The molecule has 1 rings (SSSR count). The maximum Gasteiger partial charge on any atom is 0.236 e. The van der Waals surface area contributed by atoms with Crippen LogP contribution in [0.1, 0.15) is 60.3 Å². The second-order valence-electron chi connectivity index (χ2n) is 8.23. The molecular weight excluding hydrogens is 328 g/mol. The van der Waals surface area contributed by atoms with Crippen molar-refractivity contribution in [2.24, 2.45) is 29.5 Å². The Morgan fingerprint density at radius 2 is 1.69 bits per heavy atom. The van der Waals surface area contributed by atoms with Crippen LogP contribution in [-0.2, 0) is 9.59 Å². The van der Waals surface area contributed by atoms with Crippen LogP contribution >= 0.6 is 0 Å². The molecule has 1 fully saturated rings. The van der Waals surface area contributed by atoms with E-state index in [1.54, 1.807) is 0 Å². The molecule has 3 N–H and O–H groups in total. The highest BCUT2D eigenvalue weighted by molar-refractivity contribution is 5.79. The van der Waals surface area contributed by atoms with E-state index in [-0.39, 0.29) is 29.6 Å². The molecule has 0 spiro atoms. The van der Waals surface area contributed by atoms with Crippen molar-refractivity contribution in [2.75, 3.05) is 32.7 Å². The monoisotopic (exact) mass is 368 g/mol. The van der Waals surface area contributed by atoms with E-state index in [0.717, 1.165) is 38.6 Å². The quantitative estimate of drug-likeness (QED) is 0.352. The zero-order valence-corrected chi connectivity index (χ0v) is 17.5. The average Bonchev–Trinajstić information content (AvgIpc) is 2.66. The first kappa shape index (κ1) is 22.9. The summed E-state index contributed by atoms with van der Waals surface area (Å²) in [6.07, 6.45) is 4.50. The predicted octanol–water partition coefficient (Wildman–Crippen LogP) is 2.25. The summed E-state index contributed by atoms with van der Waals surface area (Å²) >= 11 is 0. The maximum atomic E-state index is 12.7. The van der Waals surface area contributed by atoms with Crippen molar-refractivity contribution in [3.05, 3.63) is 0 Å². The first-order valence-corrected chi connectivity index (χ1v) is 10.3. The zero-order valence-electron chi connectivity index (χ0n) is 17.5. The van der Waals surface area contributed by atoms with Crippen molar-refractivity contribution in [3.8, 4) is 0 Å². The van der Waals surface area contributed by atoms with Crippen molar-refractivity contribution >= 4 is 11.8 Å². The Morgan fingerprint density at radius 1 is 1.08 bits per heavy atom. The molecule has 0 aliphatic carbocycles. The van der Waals surface area contributed by atoms with Gasteiger partial charge in [0.1, 0.15) is 0 Å². The molecule has 26 heavy (non-hydrogen) atoms. The predicted molar refractivity (Wildman–Crippen MR) is 106 cm³/mol. The normalized spacial score (nSPS) is 20.3. The van der Waals surface area contributed by atoms with Crippen molar-refractivity contribution in [1.29, 1.82) is 0 Å². The lowest BCUT2D eigenvalue weighted by atomic mass is 9.86. The van der Waals surface area contributed by atoms with Crippen LogP contribution in [0.15, 0.2) is 0 Å². The first-order valence-electron chi connectivity index (χ1n) is 10.3. The van der Waals surface area contributed by atoms with E-state index in [9.17, 15) is 9.59 Å². The second kappa shape index (κ2) is 11.5. The van der Waals surface area contributed by atoms with E-state index in [0.29, 0.717) is 6.42 Å². The van der Waals surface area contributed by atoms with Crippen molar-refractivity contribution in [1.82, 2.24) is 15.2 Å². The van der Waals surface area contributed by atoms with Gasteiger partial charge in [0.2, 0.25) is 11.8 Å². The van der Waals surface area contributed by atoms with E-state index in [1.807, 2.05) is 25.7 Å². The summed E-state index contributed by atoms with van der Waals surface area (Å²) in [4.78, 5) is 28.9. The molecule has 0 saturated carbocycles. The fraction of sp³-hybridized carbons (Fsp3) is 0.900. The number of amides is 2. The molecule has 2 amide bonds. The molecule has 1 heterocycles. The van der Waals surface area contributed by atoms with Gasteiger partial charge in [0.05, 0.1) is 0 Å². The Balaban J connectivity index is 2.35. The number of hydrazine groups is 1. The van der Waals surface area contributed by atoms with E-state index < -0.39 is 0 Å². The minimum absolute atomic E-state index is 0.0602. The molecule has 1 aliphatic rings. The fourth-order valence-corrected chi connectivity index (χ4v) is 3.62. The Bertz CT molecular complexity index is 436. The molecule has 0 bridgehead atoms. The third-order valence-corrected chi connectivity index (χ3v) is 6.11. The number of nitrogens with one attached hydrogen (secondary N) is 1. The summed E-state index contributed by atoms with van der Waals surface area (Å²) in [6.45, 7) is 15.1. The molecule has 1 saturated heterocycles. The van der Waals surface area contributed by atoms with Gasteiger partial charge in [-0.15, -0.1) is 0 Å². The highest BCUT2D eigenvalue weighted by atomic mass is 16.2. The second-order valence-corrected chi connectivity index (χ2v) is 8.23. The van der Waals surface area contributed by atoms with E-state index in [2.05, 4.69) is 24.2 Å². The molecule has 0 aromatic carbocycles. The van der Waals surface area contributed by atoms with Crippen molar-refractivity contribution < 1.29 is 9.59 Å². The molecule has 6 heteroatoms. The van der Waals surface area contributed by atoms with E-state index in [1.165, 1.54) is 19.3 Å². The van der Waals surface area contributed by atoms with E-state index in [4.69, 9.17) is 5.84 Å². The Kier molecular flexibility index (Phi) is 10.2.